The normalized spacial score (nSPS) is 17.2. The van der Waals surface area contributed by atoms with Gasteiger partial charge in [0.05, 0.1) is 0 Å². The number of benzene rings is 2. The molecule has 0 spiro atoms. The minimum absolute atomic E-state index is 0.389. The Morgan fingerprint density at radius 3 is 2.53 bits per heavy atom. The molecule has 1 atom stereocenters. The molecule has 84 valence electrons. The van der Waals surface area contributed by atoms with Gasteiger partial charge in [-0.1, -0.05) is 64.5 Å². The first-order valence-electron chi connectivity index (χ1n) is 5.79. The van der Waals surface area contributed by atoms with E-state index in [1.54, 1.807) is 0 Å². The van der Waals surface area contributed by atoms with E-state index in [1.807, 2.05) is 0 Å². The first-order chi connectivity index (χ1) is 8.27. The molecule has 0 radical (unpaired) electrons. The minimum atomic E-state index is 0.389. The Labute approximate surface area is 110 Å². The predicted molar refractivity (Wildman–Crippen MR) is 76.2 cm³/mol. The van der Waals surface area contributed by atoms with Crippen LogP contribution in [0.3, 0.4) is 0 Å². The zero-order valence-corrected chi connectivity index (χ0v) is 11.2. The third-order valence-corrected chi connectivity index (χ3v) is 4.07. The van der Waals surface area contributed by atoms with Crippen molar-refractivity contribution in [1.29, 1.82) is 0 Å². The summed E-state index contributed by atoms with van der Waals surface area (Å²) in [5.41, 5.74) is 5.47. The molecule has 2 aromatic rings. The number of fused-ring (bicyclic) bond motifs is 1. The Balaban J connectivity index is 2.17. The summed E-state index contributed by atoms with van der Waals surface area (Å²) >= 11 is 3.68. The maximum Gasteiger partial charge on any atom is 0.0290 e. The molecular weight excluding hydrogens is 272 g/mol. The second-order valence-corrected chi connectivity index (χ2v) is 5.29. The van der Waals surface area contributed by atoms with E-state index >= 15 is 0 Å². The summed E-state index contributed by atoms with van der Waals surface area (Å²) in [5.74, 6) is 0.389. The Bertz CT molecular complexity index is 582. The standard InChI is InChI=1S/C16H13Br/c1-11-7-10-15(17)16-13(11)8-9-14(16)12-5-3-2-4-6-12/h2-10,14H,1H3. The molecule has 0 saturated carbocycles. The average Bonchev–Trinajstić information content (AvgIpc) is 2.81. The van der Waals surface area contributed by atoms with Crippen molar-refractivity contribution >= 4 is 22.0 Å². The molecule has 0 bridgehead atoms. The minimum Gasteiger partial charge on any atom is -0.0720 e. The van der Waals surface area contributed by atoms with Gasteiger partial charge in [-0.25, -0.2) is 0 Å². The third-order valence-electron chi connectivity index (χ3n) is 3.38. The lowest BCUT2D eigenvalue weighted by Crippen LogP contribution is -1.97. The highest BCUT2D eigenvalue weighted by atomic mass is 79.9. The summed E-state index contributed by atoms with van der Waals surface area (Å²) in [4.78, 5) is 0. The van der Waals surface area contributed by atoms with E-state index in [0.717, 1.165) is 0 Å². The molecule has 3 rings (SSSR count). The molecule has 0 fully saturated rings. The quantitative estimate of drug-likeness (QED) is 0.698. The van der Waals surface area contributed by atoms with Gasteiger partial charge in [0.15, 0.2) is 0 Å². The molecule has 1 aliphatic carbocycles. The van der Waals surface area contributed by atoms with Gasteiger partial charge in [-0.3, -0.25) is 0 Å². The van der Waals surface area contributed by atoms with Gasteiger partial charge >= 0.3 is 0 Å². The van der Waals surface area contributed by atoms with Crippen LogP contribution in [0.1, 0.15) is 28.2 Å². The number of rotatable bonds is 1. The van der Waals surface area contributed by atoms with Crippen LogP contribution in [-0.2, 0) is 0 Å². The first-order valence-corrected chi connectivity index (χ1v) is 6.59. The molecule has 17 heavy (non-hydrogen) atoms. The number of hydrogen-bond acceptors (Lipinski definition) is 0. The molecule has 0 aromatic heterocycles. The summed E-state index contributed by atoms with van der Waals surface area (Å²) in [5, 5.41) is 0. The number of aryl methyl sites for hydroxylation is 1. The monoisotopic (exact) mass is 284 g/mol. The van der Waals surface area contributed by atoms with Gasteiger partial charge in [-0.2, -0.15) is 0 Å². The molecule has 2 aromatic carbocycles. The summed E-state index contributed by atoms with van der Waals surface area (Å²) in [7, 11) is 0. The van der Waals surface area contributed by atoms with Gasteiger partial charge in [-0.15, -0.1) is 0 Å². The second-order valence-electron chi connectivity index (χ2n) is 4.44. The van der Waals surface area contributed by atoms with Crippen LogP contribution in [0.2, 0.25) is 0 Å². The number of halogens is 1. The van der Waals surface area contributed by atoms with Crippen LogP contribution in [0.4, 0.5) is 0 Å². The number of allylic oxidation sites excluding steroid dienone is 1. The van der Waals surface area contributed by atoms with Gasteiger partial charge in [0.1, 0.15) is 0 Å². The highest BCUT2D eigenvalue weighted by Gasteiger charge is 2.22. The largest absolute Gasteiger partial charge is 0.0720 e. The van der Waals surface area contributed by atoms with Crippen molar-refractivity contribution in [2.75, 3.05) is 0 Å². The molecule has 0 aliphatic heterocycles. The Hall–Kier alpha value is -1.34. The molecule has 0 amide bonds. The van der Waals surface area contributed by atoms with E-state index in [1.165, 1.54) is 26.7 Å². The van der Waals surface area contributed by atoms with E-state index in [9.17, 15) is 0 Å². The second kappa shape index (κ2) is 4.15. The lowest BCUT2D eigenvalue weighted by molar-refractivity contribution is 1.04. The van der Waals surface area contributed by atoms with Crippen LogP contribution in [0.5, 0.6) is 0 Å². The van der Waals surface area contributed by atoms with Crippen molar-refractivity contribution in [3.05, 3.63) is 75.3 Å². The Morgan fingerprint density at radius 1 is 1.00 bits per heavy atom. The number of hydrogen-bond donors (Lipinski definition) is 0. The highest BCUT2D eigenvalue weighted by molar-refractivity contribution is 9.10. The van der Waals surface area contributed by atoms with Crippen molar-refractivity contribution in [3.8, 4) is 0 Å². The van der Waals surface area contributed by atoms with E-state index in [2.05, 4.69) is 77.5 Å². The van der Waals surface area contributed by atoms with Crippen molar-refractivity contribution in [3.63, 3.8) is 0 Å². The van der Waals surface area contributed by atoms with Crippen LogP contribution < -0.4 is 0 Å². The van der Waals surface area contributed by atoms with Crippen LogP contribution >= 0.6 is 15.9 Å². The maximum atomic E-state index is 3.68. The Kier molecular flexibility index (Phi) is 2.64. The molecule has 0 nitrogen and oxygen atoms in total. The maximum absolute atomic E-state index is 3.68. The van der Waals surface area contributed by atoms with Crippen molar-refractivity contribution < 1.29 is 0 Å². The van der Waals surface area contributed by atoms with Gasteiger partial charge in [0.2, 0.25) is 0 Å². The molecule has 0 heterocycles. The summed E-state index contributed by atoms with van der Waals surface area (Å²) in [6.07, 6.45) is 4.53. The zero-order valence-electron chi connectivity index (χ0n) is 9.65. The lowest BCUT2D eigenvalue weighted by Gasteiger charge is -2.14. The molecule has 1 heteroatoms. The highest BCUT2D eigenvalue weighted by Crippen LogP contribution is 2.40. The fraction of sp³-hybridized carbons (Fsp3) is 0.125. The van der Waals surface area contributed by atoms with E-state index in [-0.39, 0.29) is 0 Å². The SMILES string of the molecule is Cc1ccc(Br)c2c1C=CC2c1ccccc1. The molecule has 1 unspecified atom stereocenters. The fourth-order valence-electron chi connectivity index (χ4n) is 2.48. The van der Waals surface area contributed by atoms with Crippen LogP contribution in [-0.4, -0.2) is 0 Å². The van der Waals surface area contributed by atoms with Gasteiger partial charge in [-0.05, 0) is 35.2 Å². The fourth-order valence-corrected chi connectivity index (χ4v) is 3.08. The van der Waals surface area contributed by atoms with Gasteiger partial charge in [0.25, 0.3) is 0 Å². The van der Waals surface area contributed by atoms with Crippen molar-refractivity contribution in [2.45, 2.75) is 12.8 Å². The molecule has 0 saturated heterocycles. The molecule has 0 N–H and O–H groups in total. The van der Waals surface area contributed by atoms with Crippen molar-refractivity contribution in [2.24, 2.45) is 0 Å². The van der Waals surface area contributed by atoms with Gasteiger partial charge in [0, 0.05) is 10.4 Å². The third kappa shape index (κ3) is 1.75. The van der Waals surface area contributed by atoms with Gasteiger partial charge < -0.3 is 0 Å². The van der Waals surface area contributed by atoms with Crippen molar-refractivity contribution in [1.82, 2.24) is 0 Å². The Morgan fingerprint density at radius 2 is 1.76 bits per heavy atom. The first kappa shape index (κ1) is 10.8. The smallest absolute Gasteiger partial charge is 0.0290 e. The summed E-state index contributed by atoms with van der Waals surface area (Å²) < 4.78 is 1.21. The van der Waals surface area contributed by atoms with Crippen LogP contribution in [0, 0.1) is 6.92 Å². The van der Waals surface area contributed by atoms with Crippen LogP contribution in [0.25, 0.3) is 6.08 Å². The van der Waals surface area contributed by atoms with E-state index < -0.39 is 0 Å². The molecule has 1 aliphatic rings. The molecular formula is C16H13Br. The van der Waals surface area contributed by atoms with E-state index in [4.69, 9.17) is 0 Å². The average molecular weight is 285 g/mol. The van der Waals surface area contributed by atoms with Crippen LogP contribution in [0.15, 0.2) is 53.0 Å². The summed E-state index contributed by atoms with van der Waals surface area (Å²) in [6.45, 7) is 2.17. The predicted octanol–water partition coefficient (Wildman–Crippen LogP) is 4.92. The lowest BCUT2D eigenvalue weighted by atomic mass is 9.92. The zero-order chi connectivity index (χ0) is 11.8. The van der Waals surface area contributed by atoms with E-state index in [0.29, 0.717) is 5.92 Å². The summed E-state index contributed by atoms with van der Waals surface area (Å²) in [6, 6.07) is 15.0. The topological polar surface area (TPSA) is 0 Å².